The molecule has 0 atom stereocenters. The Morgan fingerprint density at radius 2 is 1.72 bits per heavy atom. The van der Waals surface area contributed by atoms with Gasteiger partial charge in [0, 0.05) is 33.6 Å². The second kappa shape index (κ2) is 6.52. The molecular weight excluding hydrogens is 436 g/mol. The van der Waals surface area contributed by atoms with Gasteiger partial charge < -0.3 is 0 Å². The van der Waals surface area contributed by atoms with Crippen LogP contribution in [0.3, 0.4) is 0 Å². The molecule has 29 heavy (non-hydrogen) atoms. The minimum atomic E-state index is -0.159. The van der Waals surface area contributed by atoms with Crippen LogP contribution in [0.4, 0.5) is 5.69 Å². The lowest BCUT2D eigenvalue weighted by Gasteiger charge is -2.11. The van der Waals surface area contributed by atoms with E-state index in [-0.39, 0.29) is 5.56 Å². The number of imidazole rings is 1. The van der Waals surface area contributed by atoms with Crippen molar-refractivity contribution in [2.24, 2.45) is 0 Å². The van der Waals surface area contributed by atoms with Gasteiger partial charge in [-0.1, -0.05) is 18.2 Å². The highest BCUT2D eigenvalue weighted by atomic mass is 79.9. The first-order valence-corrected chi connectivity index (χ1v) is 9.60. The summed E-state index contributed by atoms with van der Waals surface area (Å²) >= 11 is 3.50. The normalized spacial score (nSPS) is 11.4. The van der Waals surface area contributed by atoms with Crippen LogP contribution in [0.25, 0.3) is 33.3 Å². The summed E-state index contributed by atoms with van der Waals surface area (Å²) in [5, 5.41) is 1.37. The van der Waals surface area contributed by atoms with E-state index >= 15 is 0 Å². The number of hydrogen-bond acceptors (Lipinski definition) is 4. The van der Waals surface area contributed by atoms with Crippen molar-refractivity contribution in [2.45, 2.75) is 0 Å². The zero-order valence-corrected chi connectivity index (χ0v) is 16.8. The van der Waals surface area contributed by atoms with Crippen LogP contribution in [0.2, 0.25) is 0 Å². The smallest absolute Gasteiger partial charge is 0.284 e. The molecule has 0 fully saturated rings. The number of halogens is 1. The zero-order chi connectivity index (χ0) is 20.1. The van der Waals surface area contributed by atoms with Crippen LogP contribution >= 0.6 is 15.9 Å². The Balaban J connectivity index is 1.94. The maximum absolute atomic E-state index is 13.5. The summed E-state index contributed by atoms with van der Waals surface area (Å²) in [4.78, 5) is 35.0. The molecule has 0 spiro atoms. The van der Waals surface area contributed by atoms with Crippen LogP contribution in [0.5, 0.6) is 0 Å². The molecule has 0 unspecified atom stereocenters. The molecular formula is C21H14BrN4O3+. The number of pyridine rings is 2. The van der Waals surface area contributed by atoms with Crippen molar-refractivity contribution in [2.75, 3.05) is 7.11 Å². The third-order valence-electron chi connectivity index (χ3n) is 4.87. The lowest BCUT2D eigenvalue weighted by molar-refractivity contribution is -0.736. The number of fused-ring (bicyclic) bond motifs is 5. The summed E-state index contributed by atoms with van der Waals surface area (Å²) in [6, 6.07) is 17.9. The summed E-state index contributed by atoms with van der Waals surface area (Å²) in [6.07, 6.45) is 1.88. The fraction of sp³-hybridized carbons (Fsp3) is 0.0476. The highest BCUT2D eigenvalue weighted by Gasteiger charge is 2.19. The summed E-state index contributed by atoms with van der Waals surface area (Å²) in [6.45, 7) is 0. The number of nitrogens with zero attached hydrogens (tertiary/aromatic N) is 4. The molecule has 7 nitrogen and oxygen atoms in total. The molecule has 0 saturated carbocycles. The van der Waals surface area contributed by atoms with E-state index in [4.69, 9.17) is 4.98 Å². The Morgan fingerprint density at radius 3 is 2.45 bits per heavy atom. The minimum absolute atomic E-state index is 0.159. The maximum atomic E-state index is 13.5. The first-order valence-electron chi connectivity index (χ1n) is 8.81. The van der Waals surface area contributed by atoms with Crippen LogP contribution < -0.4 is 5.56 Å². The summed E-state index contributed by atoms with van der Waals surface area (Å²) in [7, 11) is 1.30. The van der Waals surface area contributed by atoms with Gasteiger partial charge in [0.2, 0.25) is 0 Å². The van der Waals surface area contributed by atoms with E-state index in [0.29, 0.717) is 27.3 Å². The summed E-state index contributed by atoms with van der Waals surface area (Å²) in [5.74, 6) is 0. The van der Waals surface area contributed by atoms with E-state index in [0.717, 1.165) is 21.0 Å². The molecule has 5 aromatic rings. The van der Waals surface area contributed by atoms with Gasteiger partial charge in [-0.15, -0.1) is 0 Å². The van der Waals surface area contributed by atoms with E-state index in [9.17, 15) is 9.70 Å². The monoisotopic (exact) mass is 449 g/mol. The molecule has 3 heterocycles. The van der Waals surface area contributed by atoms with Gasteiger partial charge in [0.25, 0.3) is 10.5 Å². The number of hydrogen-bond donors (Lipinski definition) is 0. The minimum Gasteiger partial charge on any atom is -0.284 e. The quantitative estimate of drug-likeness (QED) is 0.379. The highest BCUT2D eigenvalue weighted by Crippen LogP contribution is 2.27. The van der Waals surface area contributed by atoms with E-state index in [1.54, 1.807) is 34.9 Å². The topological polar surface area (TPSA) is 68.6 Å². The van der Waals surface area contributed by atoms with Gasteiger partial charge in [0.15, 0.2) is 12.8 Å². The first kappa shape index (κ1) is 17.6. The first-order chi connectivity index (χ1) is 14.1. The molecule has 0 N–H and O–H groups in total. The molecule has 2 aromatic carbocycles. The predicted octanol–water partition coefficient (Wildman–Crippen LogP) is 4.53. The third-order valence-corrected chi connectivity index (χ3v) is 5.34. The number of rotatable bonds is 3. The molecule has 0 radical (unpaired) electrons. The molecule has 142 valence electrons. The van der Waals surface area contributed by atoms with E-state index in [1.807, 2.05) is 40.9 Å². The molecule has 0 aliphatic rings. The summed E-state index contributed by atoms with van der Waals surface area (Å²) in [5.41, 5.74) is 2.92. The molecule has 0 bridgehead atoms. The van der Waals surface area contributed by atoms with Crippen LogP contribution in [-0.4, -0.2) is 26.0 Å². The second-order valence-corrected chi connectivity index (χ2v) is 7.42. The molecule has 5 rings (SSSR count). The van der Waals surface area contributed by atoms with Gasteiger partial charge in [-0.05, 0) is 46.3 Å². The van der Waals surface area contributed by atoms with Crippen molar-refractivity contribution < 1.29 is 9.76 Å². The van der Waals surface area contributed by atoms with Crippen molar-refractivity contribution in [3.05, 3.63) is 86.6 Å². The molecule has 0 aliphatic heterocycles. The lowest BCUT2D eigenvalue weighted by Crippen LogP contribution is -2.20. The highest BCUT2D eigenvalue weighted by molar-refractivity contribution is 9.10. The molecule has 8 heteroatoms. The van der Waals surface area contributed by atoms with Gasteiger partial charge >= 0.3 is 5.69 Å². The van der Waals surface area contributed by atoms with E-state index in [2.05, 4.69) is 20.8 Å². The Hall–Kier alpha value is -3.52. The van der Waals surface area contributed by atoms with Crippen molar-refractivity contribution in [3.63, 3.8) is 0 Å². The molecule has 0 aliphatic carbocycles. The molecule has 0 saturated heterocycles. The van der Waals surface area contributed by atoms with Gasteiger partial charge in [-0.3, -0.25) is 13.8 Å². The maximum Gasteiger partial charge on any atom is 0.316 e. The average molecular weight is 450 g/mol. The van der Waals surface area contributed by atoms with Crippen LogP contribution in [0.15, 0.2) is 76.1 Å². The summed E-state index contributed by atoms with van der Waals surface area (Å²) < 4.78 is 4.38. The van der Waals surface area contributed by atoms with Gasteiger partial charge in [0.05, 0.1) is 10.6 Å². The predicted molar refractivity (Wildman–Crippen MR) is 114 cm³/mol. The fourth-order valence-corrected chi connectivity index (χ4v) is 3.90. The SMILES string of the molecule is CO[N+](=O)c1ccc(-n2c(=O)c3ccccc3c3nc4ccc(Br)cn4c32)cc1. The number of benzene rings is 2. The largest absolute Gasteiger partial charge is 0.316 e. The molecule has 3 aromatic heterocycles. The van der Waals surface area contributed by atoms with E-state index < -0.39 is 0 Å². The van der Waals surface area contributed by atoms with E-state index in [1.165, 1.54) is 7.11 Å². The van der Waals surface area contributed by atoms with Crippen LogP contribution in [0, 0.1) is 4.91 Å². The Labute approximate surface area is 172 Å². The van der Waals surface area contributed by atoms with Gasteiger partial charge in [-0.2, -0.15) is 0 Å². The Morgan fingerprint density at radius 1 is 1.00 bits per heavy atom. The lowest BCUT2D eigenvalue weighted by atomic mass is 10.1. The molecule has 0 amide bonds. The average Bonchev–Trinajstić information content (AvgIpc) is 3.12. The van der Waals surface area contributed by atoms with Crippen molar-refractivity contribution in [1.82, 2.24) is 14.0 Å². The zero-order valence-electron chi connectivity index (χ0n) is 15.2. The second-order valence-electron chi connectivity index (χ2n) is 6.50. The standard InChI is InChI=1S/C21H14BrN4O3/c1-29-26(28)15-9-7-14(8-10-15)25-20-19(16-4-2-3-5-17(16)21(25)27)23-18-11-6-13(22)12-24(18)20/h2-12H,1H3/q+1. The number of aromatic nitrogens is 3. The van der Waals surface area contributed by atoms with Crippen LogP contribution in [0.1, 0.15) is 0 Å². The van der Waals surface area contributed by atoms with Crippen molar-refractivity contribution in [3.8, 4) is 5.69 Å². The fourth-order valence-electron chi connectivity index (χ4n) is 3.56. The third kappa shape index (κ3) is 2.64. The Kier molecular flexibility index (Phi) is 3.95. The van der Waals surface area contributed by atoms with Crippen LogP contribution in [-0.2, 0) is 4.84 Å². The van der Waals surface area contributed by atoms with Crippen molar-refractivity contribution in [1.29, 1.82) is 0 Å². The Bertz CT molecular complexity index is 1490. The van der Waals surface area contributed by atoms with Crippen molar-refractivity contribution >= 4 is 49.2 Å². The van der Waals surface area contributed by atoms with Gasteiger partial charge in [0.1, 0.15) is 11.2 Å². The van der Waals surface area contributed by atoms with Gasteiger partial charge in [-0.25, -0.2) is 9.82 Å².